The number of H-pyrrole nitrogens is 1. The van der Waals surface area contributed by atoms with Crippen LogP contribution in [0.3, 0.4) is 0 Å². The fourth-order valence-electron chi connectivity index (χ4n) is 3.94. The number of benzene rings is 2. The first-order valence-corrected chi connectivity index (χ1v) is 10.1. The second-order valence-electron chi connectivity index (χ2n) is 7.96. The van der Waals surface area contributed by atoms with Gasteiger partial charge in [0.1, 0.15) is 6.33 Å². The van der Waals surface area contributed by atoms with Crippen molar-refractivity contribution in [3.05, 3.63) is 81.5 Å². The van der Waals surface area contributed by atoms with E-state index in [0.29, 0.717) is 23.4 Å². The van der Waals surface area contributed by atoms with Gasteiger partial charge in [-0.05, 0) is 42.8 Å². The Morgan fingerprint density at radius 2 is 1.88 bits per heavy atom. The van der Waals surface area contributed by atoms with Crippen LogP contribution < -0.4 is 16.3 Å². The number of amides is 4. The van der Waals surface area contributed by atoms with Gasteiger partial charge in [-0.2, -0.15) is 5.10 Å². The number of rotatable bonds is 3. The van der Waals surface area contributed by atoms with E-state index in [9.17, 15) is 19.2 Å². The lowest BCUT2D eigenvalue weighted by molar-refractivity contribution is -0.122. The highest BCUT2D eigenvalue weighted by atomic mass is 16.2. The third-order valence-corrected chi connectivity index (χ3v) is 5.63. The molecule has 3 heterocycles. The predicted octanol–water partition coefficient (Wildman–Crippen LogP) is 0.455. The molecule has 0 bridgehead atoms. The molecule has 1 fully saturated rings. The smallest absolute Gasteiger partial charge is 0.330 e. The van der Waals surface area contributed by atoms with Crippen molar-refractivity contribution in [1.29, 1.82) is 0 Å². The van der Waals surface area contributed by atoms with Crippen molar-refractivity contribution in [3.63, 3.8) is 0 Å². The molecular weight excluding hydrogens is 424 g/mol. The molecule has 2 aromatic carbocycles. The fraction of sp³-hybridized carbons (Fsp3) is 0.174. The van der Waals surface area contributed by atoms with Gasteiger partial charge in [-0.1, -0.05) is 29.5 Å². The number of imide groups is 1. The van der Waals surface area contributed by atoms with Crippen molar-refractivity contribution in [2.24, 2.45) is 0 Å². The monoisotopic (exact) mass is 442 g/mol. The number of nitrogens with one attached hydrogen (secondary N) is 3. The van der Waals surface area contributed by atoms with E-state index in [-0.39, 0.29) is 18.1 Å². The maximum absolute atomic E-state index is 12.9. The minimum absolute atomic E-state index is 0.0906. The van der Waals surface area contributed by atoms with Gasteiger partial charge >= 0.3 is 11.7 Å². The van der Waals surface area contributed by atoms with Gasteiger partial charge in [0.15, 0.2) is 0 Å². The molecule has 0 unspecified atom stereocenters. The number of urea groups is 1. The largest absolute Gasteiger partial charge is 0.347 e. The van der Waals surface area contributed by atoms with Crippen LogP contribution in [0.4, 0.5) is 4.79 Å². The van der Waals surface area contributed by atoms with E-state index < -0.39 is 17.5 Å². The van der Waals surface area contributed by atoms with Crippen LogP contribution in [0.5, 0.6) is 0 Å². The Hall–Kier alpha value is -4.65. The highest BCUT2D eigenvalue weighted by Gasteiger charge is 2.48. The van der Waals surface area contributed by atoms with Crippen LogP contribution in [-0.2, 0) is 11.3 Å². The summed E-state index contributed by atoms with van der Waals surface area (Å²) in [5.41, 5.74) is 1.63. The number of hydrogen-bond acceptors (Lipinski definition) is 5. The Bertz CT molecular complexity index is 1430. The lowest BCUT2D eigenvalue weighted by Gasteiger charge is -2.26. The van der Waals surface area contributed by atoms with E-state index in [1.807, 2.05) is 25.1 Å². The molecule has 3 N–H and O–H groups in total. The molecule has 10 heteroatoms. The summed E-state index contributed by atoms with van der Waals surface area (Å²) in [6.45, 7) is 2.14. The number of aromatic nitrogens is 3. The summed E-state index contributed by atoms with van der Waals surface area (Å²) in [7, 11) is 0. The second-order valence-corrected chi connectivity index (χ2v) is 7.96. The molecule has 33 heavy (non-hydrogen) atoms. The minimum Gasteiger partial charge on any atom is -0.330 e. The van der Waals surface area contributed by atoms with Gasteiger partial charge in [0, 0.05) is 17.7 Å². The van der Waals surface area contributed by atoms with E-state index in [4.69, 9.17) is 0 Å². The van der Waals surface area contributed by atoms with Gasteiger partial charge in [0.2, 0.25) is 5.54 Å². The molecule has 1 saturated heterocycles. The fourth-order valence-corrected chi connectivity index (χ4v) is 3.94. The molecule has 3 aromatic rings. The molecule has 10 nitrogen and oxygen atoms in total. The van der Waals surface area contributed by atoms with Crippen molar-refractivity contribution >= 4 is 17.8 Å². The molecule has 0 aliphatic carbocycles. The first-order chi connectivity index (χ1) is 15.8. The summed E-state index contributed by atoms with van der Waals surface area (Å²) in [5, 5.41) is 10.8. The van der Waals surface area contributed by atoms with E-state index in [1.165, 1.54) is 15.8 Å². The highest BCUT2D eigenvalue weighted by Crippen LogP contribution is 2.26. The summed E-state index contributed by atoms with van der Waals surface area (Å²) >= 11 is 0. The maximum atomic E-state index is 12.9. The molecule has 0 spiro atoms. The SMILES string of the molecule is Cc1ccc2c(c1)C(=O)N(C[C@@]1(C#Cc3ccc(-n4cn[nH]c4=O)cc3)NC(=O)NC1=O)C2. The molecule has 5 rings (SSSR count). The summed E-state index contributed by atoms with van der Waals surface area (Å²) in [5.74, 6) is 4.96. The highest BCUT2D eigenvalue weighted by molar-refractivity contribution is 6.10. The number of aryl methyl sites for hydroxylation is 1. The standard InChI is InChI=1S/C23H18N6O4/c1-14-2-5-16-11-28(19(30)18(16)10-14)12-23(20(31)25-21(32)26-23)9-8-15-3-6-17(7-4-15)29-13-24-27-22(29)33/h2-7,10,13H,11-12H2,1H3,(H,27,33)(H2,25,26,31,32)/t23-/m1/s1. The quantitative estimate of drug-likeness (QED) is 0.401. The molecule has 2 aliphatic rings. The average molecular weight is 442 g/mol. The molecule has 0 radical (unpaired) electrons. The van der Waals surface area contributed by atoms with Gasteiger partial charge < -0.3 is 10.2 Å². The van der Waals surface area contributed by atoms with Crippen LogP contribution in [0.15, 0.2) is 53.6 Å². The van der Waals surface area contributed by atoms with Crippen molar-refractivity contribution in [3.8, 4) is 17.5 Å². The lowest BCUT2D eigenvalue weighted by Crippen LogP contribution is -2.54. The van der Waals surface area contributed by atoms with Gasteiger partial charge in [-0.25, -0.2) is 19.3 Å². The van der Waals surface area contributed by atoms with E-state index in [1.54, 1.807) is 24.3 Å². The van der Waals surface area contributed by atoms with Gasteiger partial charge in [0.25, 0.3) is 11.8 Å². The van der Waals surface area contributed by atoms with Crippen molar-refractivity contribution in [2.45, 2.75) is 19.0 Å². The minimum atomic E-state index is -1.58. The molecule has 4 amide bonds. The second kappa shape index (κ2) is 7.49. The van der Waals surface area contributed by atoms with Crippen LogP contribution in [0, 0.1) is 18.8 Å². The number of carbonyl (C=O) groups is 3. The first-order valence-electron chi connectivity index (χ1n) is 10.1. The Morgan fingerprint density at radius 1 is 1.09 bits per heavy atom. The Morgan fingerprint density at radius 3 is 2.55 bits per heavy atom. The normalized spacial score (nSPS) is 19.1. The molecular formula is C23H18N6O4. The number of aromatic amines is 1. The number of hydrogen-bond donors (Lipinski definition) is 3. The third-order valence-electron chi connectivity index (χ3n) is 5.63. The number of carbonyl (C=O) groups excluding carboxylic acids is 3. The average Bonchev–Trinajstić information content (AvgIpc) is 3.43. The topological polar surface area (TPSA) is 129 Å². The summed E-state index contributed by atoms with van der Waals surface area (Å²) in [4.78, 5) is 50.8. The van der Waals surface area contributed by atoms with E-state index >= 15 is 0 Å². The first kappa shape index (κ1) is 20.3. The van der Waals surface area contributed by atoms with Crippen LogP contribution in [0.1, 0.15) is 27.0 Å². The number of nitrogens with zero attached hydrogens (tertiary/aromatic N) is 3. The van der Waals surface area contributed by atoms with Crippen LogP contribution >= 0.6 is 0 Å². The van der Waals surface area contributed by atoms with Gasteiger partial charge in [0.05, 0.1) is 12.2 Å². The third kappa shape index (κ3) is 3.55. The molecule has 1 atom stereocenters. The predicted molar refractivity (Wildman–Crippen MR) is 116 cm³/mol. The summed E-state index contributed by atoms with van der Waals surface area (Å²) < 4.78 is 1.34. The van der Waals surface area contributed by atoms with Crippen LogP contribution in [0.25, 0.3) is 5.69 Å². The zero-order valence-electron chi connectivity index (χ0n) is 17.5. The van der Waals surface area contributed by atoms with Gasteiger partial charge in [-0.15, -0.1) is 0 Å². The Balaban J connectivity index is 1.43. The van der Waals surface area contributed by atoms with Crippen molar-refractivity contribution in [2.75, 3.05) is 6.54 Å². The maximum Gasteiger partial charge on any atom is 0.347 e. The number of fused-ring (bicyclic) bond motifs is 1. The van der Waals surface area contributed by atoms with Crippen molar-refractivity contribution < 1.29 is 14.4 Å². The molecule has 164 valence electrons. The lowest BCUT2D eigenvalue weighted by atomic mass is 9.99. The van der Waals surface area contributed by atoms with Crippen molar-refractivity contribution in [1.82, 2.24) is 30.3 Å². The zero-order valence-corrected chi connectivity index (χ0v) is 17.5. The molecule has 0 saturated carbocycles. The Labute approximate surface area is 187 Å². The summed E-state index contributed by atoms with van der Waals surface area (Å²) in [6, 6.07) is 11.7. The van der Waals surface area contributed by atoms with Gasteiger partial charge in [-0.3, -0.25) is 14.9 Å². The molecule has 2 aliphatic heterocycles. The zero-order chi connectivity index (χ0) is 23.2. The summed E-state index contributed by atoms with van der Waals surface area (Å²) in [6.07, 6.45) is 1.36. The van der Waals surface area contributed by atoms with E-state index in [0.717, 1.165) is 11.1 Å². The van der Waals surface area contributed by atoms with Crippen LogP contribution in [-0.4, -0.2) is 49.6 Å². The van der Waals surface area contributed by atoms with Crippen LogP contribution in [0.2, 0.25) is 0 Å². The molecule has 1 aromatic heterocycles. The Kier molecular flexibility index (Phi) is 4.60. The van der Waals surface area contributed by atoms with E-state index in [2.05, 4.69) is 32.7 Å².